The summed E-state index contributed by atoms with van der Waals surface area (Å²) in [7, 11) is 3.44. The first-order chi connectivity index (χ1) is 23.4. The minimum Gasteiger partial charge on any atom is -0.481 e. The highest BCUT2D eigenvalue weighted by Gasteiger charge is 2.33. The molecule has 1 saturated heterocycles. The van der Waals surface area contributed by atoms with E-state index in [1.807, 2.05) is 60.2 Å². The fourth-order valence-electron chi connectivity index (χ4n) is 6.65. The third-order valence-electron chi connectivity index (χ3n) is 9.32. The minimum atomic E-state index is -0.167. The molecule has 246 valence electrons. The van der Waals surface area contributed by atoms with Gasteiger partial charge in [-0.25, -0.2) is 9.97 Å². The number of hydrogen-bond donors (Lipinski definition) is 1. The number of likely N-dealkylation sites (tertiary alicyclic amines) is 1. The second-order valence-corrected chi connectivity index (χ2v) is 12.3. The molecule has 5 heterocycles. The second kappa shape index (κ2) is 13.4. The van der Waals surface area contributed by atoms with Crippen molar-refractivity contribution in [3.8, 4) is 28.5 Å². The Kier molecular flexibility index (Phi) is 8.72. The molecule has 2 aromatic carbocycles. The van der Waals surface area contributed by atoms with Gasteiger partial charge in [0.25, 0.3) is 0 Å². The maximum absolute atomic E-state index is 13.8. The Bertz CT molecular complexity index is 1960. The number of benzene rings is 2. The predicted molar refractivity (Wildman–Crippen MR) is 184 cm³/mol. The van der Waals surface area contributed by atoms with Crippen molar-refractivity contribution in [2.45, 2.75) is 19.8 Å². The van der Waals surface area contributed by atoms with Crippen molar-refractivity contribution in [2.75, 3.05) is 51.3 Å². The third-order valence-corrected chi connectivity index (χ3v) is 9.32. The number of pyridine rings is 1. The van der Waals surface area contributed by atoms with Crippen LogP contribution in [0.3, 0.4) is 0 Å². The van der Waals surface area contributed by atoms with E-state index in [1.54, 1.807) is 30.4 Å². The second-order valence-electron chi connectivity index (χ2n) is 12.3. The zero-order chi connectivity index (χ0) is 33.2. The number of rotatable bonds is 9. The zero-order valence-electron chi connectivity index (χ0n) is 27.5. The fourth-order valence-corrected chi connectivity index (χ4v) is 6.65. The zero-order valence-corrected chi connectivity index (χ0v) is 27.5. The summed E-state index contributed by atoms with van der Waals surface area (Å²) in [5.41, 5.74) is 6.72. The van der Waals surface area contributed by atoms with Crippen molar-refractivity contribution in [1.82, 2.24) is 39.7 Å². The molecule has 0 spiro atoms. The Labute approximate surface area is 279 Å². The lowest BCUT2D eigenvalue weighted by molar-refractivity contribution is -0.132. The molecule has 48 heavy (non-hydrogen) atoms. The summed E-state index contributed by atoms with van der Waals surface area (Å²) < 4.78 is 6.89. The molecule has 1 atom stereocenters. The highest BCUT2D eigenvalue weighted by molar-refractivity contribution is 6.00. The number of ether oxygens (including phenoxy) is 1. The largest absolute Gasteiger partial charge is 0.481 e. The predicted octanol–water partition coefficient (Wildman–Crippen LogP) is 4.42. The van der Waals surface area contributed by atoms with Gasteiger partial charge in [0.1, 0.15) is 12.0 Å². The van der Waals surface area contributed by atoms with Gasteiger partial charge in [0.15, 0.2) is 5.82 Å². The van der Waals surface area contributed by atoms with E-state index in [4.69, 9.17) is 4.74 Å². The van der Waals surface area contributed by atoms with Gasteiger partial charge < -0.3 is 14.5 Å². The number of aromatic amines is 1. The van der Waals surface area contributed by atoms with Gasteiger partial charge in [-0.05, 0) is 61.7 Å². The number of H-pyrrole nitrogens is 1. The van der Waals surface area contributed by atoms with Crippen molar-refractivity contribution in [3.63, 3.8) is 0 Å². The molecule has 7 rings (SSSR count). The van der Waals surface area contributed by atoms with Gasteiger partial charge in [-0.1, -0.05) is 30.3 Å². The van der Waals surface area contributed by atoms with Crippen LogP contribution in [0.2, 0.25) is 0 Å². The van der Waals surface area contributed by atoms with Crippen molar-refractivity contribution in [2.24, 2.45) is 13.0 Å². The summed E-state index contributed by atoms with van der Waals surface area (Å²) in [6, 6.07) is 17.9. The summed E-state index contributed by atoms with van der Waals surface area (Å²) in [5, 5.41) is 12.9. The van der Waals surface area contributed by atoms with Crippen LogP contribution in [0.1, 0.15) is 25.3 Å². The standard InChI is InChI=1S/C36H39N9O3/c1-4-45(29-10-11-31-30(19-29)34(40-39-31)27-9-12-32(48-3)37-20-27)36(47)28-13-16-43(21-28)22-33(46)44-17-14-25(15-18-44)24-5-7-26(8-6-24)35-38-23-42(2)41-35/h5-12,14,19-20,23,28H,4,13,15-18,21-22H2,1-3H3,(H,39,40)/t28-/m1/s1. The molecule has 12 heteroatoms. The lowest BCUT2D eigenvalue weighted by Crippen LogP contribution is -2.42. The minimum absolute atomic E-state index is 0.0818. The van der Waals surface area contributed by atoms with E-state index in [1.165, 1.54) is 5.57 Å². The number of carbonyl (C=O) groups excluding carboxylic acids is 2. The van der Waals surface area contributed by atoms with Crippen LogP contribution in [-0.4, -0.2) is 97.9 Å². The molecule has 2 aliphatic rings. The van der Waals surface area contributed by atoms with Crippen molar-refractivity contribution in [1.29, 1.82) is 0 Å². The first-order valence-electron chi connectivity index (χ1n) is 16.4. The number of nitrogens with zero attached hydrogens (tertiary/aromatic N) is 8. The first kappa shape index (κ1) is 31.3. The molecular formula is C36H39N9O3. The molecule has 1 N–H and O–H groups in total. The van der Waals surface area contributed by atoms with Gasteiger partial charge in [-0.3, -0.25) is 24.3 Å². The molecule has 2 amide bonds. The van der Waals surface area contributed by atoms with E-state index >= 15 is 0 Å². The van der Waals surface area contributed by atoms with Gasteiger partial charge in [0, 0.05) is 67.7 Å². The van der Waals surface area contributed by atoms with Crippen LogP contribution in [0.15, 0.2) is 73.2 Å². The smallest absolute Gasteiger partial charge is 0.237 e. The van der Waals surface area contributed by atoms with Crippen LogP contribution in [0.25, 0.3) is 39.1 Å². The molecule has 0 unspecified atom stereocenters. The average Bonchev–Trinajstić information content (AvgIpc) is 3.89. The average molecular weight is 646 g/mol. The number of fused-ring (bicyclic) bond motifs is 1. The molecule has 0 radical (unpaired) electrons. The highest BCUT2D eigenvalue weighted by atomic mass is 16.5. The van der Waals surface area contributed by atoms with Gasteiger partial charge in [-0.15, -0.1) is 0 Å². The topological polar surface area (TPSA) is 125 Å². The van der Waals surface area contributed by atoms with Gasteiger partial charge >= 0.3 is 0 Å². The Morgan fingerprint density at radius 3 is 2.52 bits per heavy atom. The van der Waals surface area contributed by atoms with Crippen LogP contribution in [-0.2, 0) is 16.6 Å². The molecule has 0 bridgehead atoms. The lowest BCUT2D eigenvalue weighted by atomic mass is 9.98. The summed E-state index contributed by atoms with van der Waals surface area (Å²) in [5.74, 6) is 1.26. The molecule has 0 aliphatic carbocycles. The summed E-state index contributed by atoms with van der Waals surface area (Å²) in [4.78, 5) is 41.6. The summed E-state index contributed by atoms with van der Waals surface area (Å²) in [6.45, 7) is 5.42. The van der Waals surface area contributed by atoms with E-state index in [0.717, 1.165) is 58.4 Å². The Morgan fingerprint density at radius 1 is 1.02 bits per heavy atom. The van der Waals surface area contributed by atoms with E-state index in [9.17, 15) is 9.59 Å². The van der Waals surface area contributed by atoms with Gasteiger partial charge in [-0.2, -0.15) is 10.2 Å². The molecular weight excluding hydrogens is 606 g/mol. The SMILES string of the molecule is CCN(C(=O)[C@@H]1CCN(CC(=O)N2CC=C(c3ccc(-c4ncn(C)n4)cc3)CC2)C1)c1ccc2[nH]nc(-c3ccc(OC)nc3)c2c1. The maximum Gasteiger partial charge on any atom is 0.237 e. The van der Waals surface area contributed by atoms with E-state index in [0.29, 0.717) is 44.4 Å². The number of anilines is 1. The monoisotopic (exact) mass is 645 g/mol. The quantitative estimate of drug-likeness (QED) is 0.250. The van der Waals surface area contributed by atoms with E-state index in [-0.39, 0.29) is 17.7 Å². The van der Waals surface area contributed by atoms with Gasteiger partial charge in [0.2, 0.25) is 17.7 Å². The van der Waals surface area contributed by atoms with E-state index in [2.05, 4.69) is 48.4 Å². The Morgan fingerprint density at radius 2 is 1.83 bits per heavy atom. The van der Waals surface area contributed by atoms with Crippen LogP contribution in [0.4, 0.5) is 5.69 Å². The summed E-state index contributed by atoms with van der Waals surface area (Å²) in [6.07, 6.45) is 7.11. The molecule has 0 saturated carbocycles. The number of amides is 2. The van der Waals surface area contributed by atoms with Crippen molar-refractivity contribution < 1.29 is 14.3 Å². The normalized spacial score (nSPS) is 16.7. The molecule has 3 aromatic heterocycles. The maximum atomic E-state index is 13.8. The van der Waals surface area contributed by atoms with Crippen molar-refractivity contribution >= 4 is 34.0 Å². The number of aromatic nitrogens is 6. The Balaban J connectivity index is 0.955. The Hall–Kier alpha value is -5.36. The van der Waals surface area contributed by atoms with Crippen LogP contribution >= 0.6 is 0 Å². The van der Waals surface area contributed by atoms with E-state index < -0.39 is 0 Å². The number of aryl methyl sites for hydroxylation is 1. The number of methoxy groups -OCH3 is 1. The van der Waals surface area contributed by atoms with Crippen molar-refractivity contribution in [3.05, 3.63) is 78.8 Å². The first-order valence-corrected chi connectivity index (χ1v) is 16.4. The molecule has 1 fully saturated rings. The molecule has 2 aliphatic heterocycles. The number of carbonyl (C=O) groups is 2. The fraction of sp³-hybridized carbons (Fsp3) is 0.333. The third kappa shape index (κ3) is 6.30. The van der Waals surface area contributed by atoms with Crippen LogP contribution < -0.4 is 9.64 Å². The lowest BCUT2D eigenvalue weighted by Gasteiger charge is -2.29. The molecule has 12 nitrogen and oxygen atoms in total. The van der Waals surface area contributed by atoms with Crippen LogP contribution in [0.5, 0.6) is 5.88 Å². The number of hydrogen-bond acceptors (Lipinski definition) is 8. The van der Waals surface area contributed by atoms with Gasteiger partial charge in [0.05, 0.1) is 25.1 Å². The highest BCUT2D eigenvalue weighted by Crippen LogP contribution is 2.32. The molecule has 5 aromatic rings. The number of nitrogens with one attached hydrogen (secondary N) is 1. The van der Waals surface area contributed by atoms with Crippen LogP contribution in [0, 0.1) is 5.92 Å². The summed E-state index contributed by atoms with van der Waals surface area (Å²) >= 11 is 0.